The van der Waals surface area contributed by atoms with Crippen molar-refractivity contribution in [1.29, 1.82) is 0 Å². The van der Waals surface area contributed by atoms with Crippen molar-refractivity contribution in [3.8, 4) is 0 Å². The number of hydrogen-bond donors (Lipinski definition) is 4. The first-order chi connectivity index (χ1) is 19.4. The third kappa shape index (κ3) is 5.64. The lowest BCUT2D eigenvalue weighted by molar-refractivity contribution is -0.313. The predicted molar refractivity (Wildman–Crippen MR) is 161 cm³/mol. The molecule has 6 nitrogen and oxygen atoms in total. The first-order valence-electron chi connectivity index (χ1n) is 16.7. The van der Waals surface area contributed by atoms with Crippen LogP contribution in [0.15, 0.2) is 23.8 Å². The maximum Gasteiger partial charge on any atom is 0.186 e. The van der Waals surface area contributed by atoms with Crippen LogP contribution in [-0.4, -0.2) is 63.8 Å². The fourth-order valence-electron chi connectivity index (χ4n) is 10.6. The van der Waals surface area contributed by atoms with Crippen LogP contribution in [0.5, 0.6) is 0 Å². The van der Waals surface area contributed by atoms with Gasteiger partial charge in [-0.25, -0.2) is 0 Å². The van der Waals surface area contributed by atoms with Crippen LogP contribution in [0.25, 0.3) is 0 Å². The Morgan fingerprint density at radius 3 is 2.49 bits per heavy atom. The molecule has 0 aromatic rings. The van der Waals surface area contributed by atoms with Gasteiger partial charge in [-0.05, 0) is 124 Å². The van der Waals surface area contributed by atoms with Gasteiger partial charge in [0.05, 0.1) is 12.7 Å². The topological polar surface area (TPSA) is 99.4 Å². The summed E-state index contributed by atoms with van der Waals surface area (Å²) in [6, 6.07) is 0. The van der Waals surface area contributed by atoms with E-state index in [-0.39, 0.29) is 11.5 Å². The highest BCUT2D eigenvalue weighted by atomic mass is 16.7. The van der Waals surface area contributed by atoms with Crippen LogP contribution < -0.4 is 0 Å². The second-order valence-corrected chi connectivity index (χ2v) is 15.2. The van der Waals surface area contributed by atoms with E-state index in [1.165, 1.54) is 56.1 Å². The molecule has 41 heavy (non-hydrogen) atoms. The lowest BCUT2D eigenvalue weighted by Crippen LogP contribution is -2.60. The van der Waals surface area contributed by atoms with Gasteiger partial charge in [-0.15, -0.1) is 0 Å². The van der Waals surface area contributed by atoms with Crippen molar-refractivity contribution in [3.05, 3.63) is 23.8 Å². The van der Waals surface area contributed by atoms with Gasteiger partial charge in [-0.1, -0.05) is 51.5 Å². The molecule has 1 saturated heterocycles. The van der Waals surface area contributed by atoms with Gasteiger partial charge in [0.2, 0.25) is 0 Å². The summed E-state index contributed by atoms with van der Waals surface area (Å²) >= 11 is 0. The molecule has 4 aliphatic carbocycles. The molecule has 3 saturated carbocycles. The first-order valence-corrected chi connectivity index (χ1v) is 16.7. The number of ether oxygens (including phenoxy) is 2. The summed E-state index contributed by atoms with van der Waals surface area (Å²) < 4.78 is 11.9. The SMILES string of the molecule is C=C(C)[C@H](CC)CC[C@@H](C)[C@H]1CC[C@H]2[C@@H]3CC=C4C[C@@H](O[C@@H]5O[C@H](CO)[C@H](O)[C@H](O)[C@H]5O)CC[C@]4(C)[C@H]3CC[C@]12C. The van der Waals surface area contributed by atoms with E-state index in [1.54, 1.807) is 0 Å². The predicted octanol–water partition coefficient (Wildman–Crippen LogP) is 5.77. The first kappa shape index (κ1) is 31.7. The minimum Gasteiger partial charge on any atom is -0.394 e. The zero-order valence-corrected chi connectivity index (χ0v) is 26.3. The summed E-state index contributed by atoms with van der Waals surface area (Å²) in [4.78, 5) is 0. The quantitative estimate of drug-likeness (QED) is 0.261. The second kappa shape index (κ2) is 12.3. The average Bonchev–Trinajstić information content (AvgIpc) is 3.30. The van der Waals surface area contributed by atoms with Crippen LogP contribution in [0.2, 0.25) is 0 Å². The molecule has 0 aromatic heterocycles. The van der Waals surface area contributed by atoms with E-state index in [0.717, 1.165) is 55.3 Å². The van der Waals surface area contributed by atoms with E-state index in [4.69, 9.17) is 9.47 Å². The molecule has 6 heteroatoms. The molecule has 4 N–H and O–H groups in total. The van der Waals surface area contributed by atoms with Crippen molar-refractivity contribution < 1.29 is 29.9 Å². The van der Waals surface area contributed by atoms with Crippen molar-refractivity contribution in [1.82, 2.24) is 0 Å². The number of allylic oxidation sites excluding steroid dienone is 2. The molecule has 0 aromatic carbocycles. The molecule has 5 aliphatic rings. The monoisotopic (exact) mass is 574 g/mol. The Balaban J connectivity index is 1.24. The van der Waals surface area contributed by atoms with Gasteiger partial charge < -0.3 is 29.9 Å². The van der Waals surface area contributed by atoms with Crippen LogP contribution >= 0.6 is 0 Å². The van der Waals surface area contributed by atoms with Gasteiger partial charge in [0, 0.05) is 0 Å². The van der Waals surface area contributed by atoms with E-state index in [0.29, 0.717) is 11.3 Å². The van der Waals surface area contributed by atoms with Crippen molar-refractivity contribution >= 4 is 0 Å². The summed E-state index contributed by atoms with van der Waals surface area (Å²) in [6.07, 6.45) is 9.51. The number of rotatable bonds is 9. The zero-order valence-electron chi connectivity index (χ0n) is 26.3. The Hall–Kier alpha value is -0.760. The summed E-state index contributed by atoms with van der Waals surface area (Å²) in [5, 5.41) is 40.4. The molecule has 0 spiro atoms. The van der Waals surface area contributed by atoms with Gasteiger partial charge in [0.25, 0.3) is 0 Å². The van der Waals surface area contributed by atoms with E-state index in [9.17, 15) is 20.4 Å². The van der Waals surface area contributed by atoms with Gasteiger partial charge in [0.1, 0.15) is 24.4 Å². The molecule has 234 valence electrons. The number of hydrogen-bond acceptors (Lipinski definition) is 6. The molecule has 14 atom stereocenters. The average molecular weight is 575 g/mol. The maximum absolute atomic E-state index is 10.5. The van der Waals surface area contributed by atoms with Gasteiger partial charge >= 0.3 is 0 Å². The van der Waals surface area contributed by atoms with Crippen LogP contribution in [0.3, 0.4) is 0 Å². The third-order valence-corrected chi connectivity index (χ3v) is 13.2. The Labute approximate surface area is 248 Å². The minimum atomic E-state index is -1.40. The van der Waals surface area contributed by atoms with Crippen LogP contribution in [-0.2, 0) is 9.47 Å². The molecular weight excluding hydrogens is 516 g/mol. The molecule has 0 unspecified atom stereocenters. The Morgan fingerprint density at radius 1 is 1.05 bits per heavy atom. The molecular formula is C35H58O6. The van der Waals surface area contributed by atoms with Crippen LogP contribution in [0, 0.1) is 46.3 Å². The minimum absolute atomic E-state index is 0.107. The van der Waals surface area contributed by atoms with E-state index < -0.39 is 37.3 Å². The number of aliphatic hydroxyl groups is 4. The normalized spacial score (nSPS) is 47.5. The highest BCUT2D eigenvalue weighted by Gasteiger charge is 2.59. The largest absolute Gasteiger partial charge is 0.394 e. The Bertz CT molecular complexity index is 962. The highest BCUT2D eigenvalue weighted by Crippen LogP contribution is 2.67. The van der Waals surface area contributed by atoms with Crippen molar-refractivity contribution in [3.63, 3.8) is 0 Å². The summed E-state index contributed by atoms with van der Waals surface area (Å²) in [5.41, 5.74) is 3.49. The van der Waals surface area contributed by atoms with E-state index >= 15 is 0 Å². The summed E-state index contributed by atoms with van der Waals surface area (Å²) in [5.74, 6) is 4.57. The van der Waals surface area contributed by atoms with Crippen molar-refractivity contribution in [2.45, 2.75) is 142 Å². The molecule has 5 rings (SSSR count). The van der Waals surface area contributed by atoms with Gasteiger partial charge in [-0.2, -0.15) is 0 Å². The van der Waals surface area contributed by atoms with E-state index in [1.807, 2.05) is 0 Å². The smallest absolute Gasteiger partial charge is 0.186 e. The van der Waals surface area contributed by atoms with Crippen LogP contribution in [0.4, 0.5) is 0 Å². The molecule has 0 bridgehead atoms. The number of aliphatic hydroxyl groups excluding tert-OH is 4. The third-order valence-electron chi connectivity index (χ3n) is 13.2. The lowest BCUT2D eigenvalue weighted by Gasteiger charge is -2.58. The van der Waals surface area contributed by atoms with Gasteiger partial charge in [0.15, 0.2) is 6.29 Å². The molecule has 1 heterocycles. The molecule has 1 aliphatic heterocycles. The van der Waals surface area contributed by atoms with Crippen LogP contribution in [0.1, 0.15) is 105 Å². The Kier molecular flexibility index (Phi) is 9.51. The highest BCUT2D eigenvalue weighted by molar-refractivity contribution is 5.25. The standard InChI is InChI=1S/C35H58O6/c1-7-22(20(2)3)9-8-21(4)26-12-13-27-25-11-10-23-18-24(14-16-34(23,5)28(25)15-17-35(26,27)6)40-33-32(39)31(38)30(37)29(19-36)41-33/h10,21-22,24-33,36-39H,2,7-9,11-19H2,1,3-6H3/t21-,22-,24+,25+,26-,27+,28+,29-,30+,31+,32-,33-,34+,35-/m1/s1. The second-order valence-electron chi connectivity index (χ2n) is 15.2. The fourth-order valence-corrected chi connectivity index (χ4v) is 10.6. The Morgan fingerprint density at radius 2 is 1.80 bits per heavy atom. The molecule has 4 fully saturated rings. The maximum atomic E-state index is 10.5. The van der Waals surface area contributed by atoms with Crippen molar-refractivity contribution in [2.24, 2.45) is 46.3 Å². The van der Waals surface area contributed by atoms with E-state index in [2.05, 4.69) is 47.3 Å². The van der Waals surface area contributed by atoms with Gasteiger partial charge in [-0.3, -0.25) is 0 Å². The van der Waals surface area contributed by atoms with Crippen molar-refractivity contribution in [2.75, 3.05) is 6.61 Å². The summed E-state index contributed by atoms with van der Waals surface area (Å²) in [7, 11) is 0. The lowest BCUT2D eigenvalue weighted by atomic mass is 9.47. The summed E-state index contributed by atoms with van der Waals surface area (Å²) in [6.45, 7) is 16.0. The zero-order chi connectivity index (χ0) is 29.7. The number of fused-ring (bicyclic) bond motifs is 5. The molecule has 0 radical (unpaired) electrons. The fraction of sp³-hybridized carbons (Fsp3) is 0.886. The molecule has 0 amide bonds.